The smallest absolute Gasteiger partial charge is 0.268 e. The molecule has 0 saturated heterocycles. The molecule has 5 rings (SSSR count). The van der Waals surface area contributed by atoms with Gasteiger partial charge in [-0.2, -0.15) is 4.98 Å². The molecular weight excluding hydrogens is 424 g/mol. The van der Waals surface area contributed by atoms with E-state index in [0.29, 0.717) is 28.0 Å². The van der Waals surface area contributed by atoms with Crippen molar-refractivity contribution >= 4 is 44.7 Å². The van der Waals surface area contributed by atoms with Crippen molar-refractivity contribution in [3.8, 4) is 16.1 Å². The van der Waals surface area contributed by atoms with Crippen LogP contribution >= 0.6 is 34.4 Å². The molecule has 29 heavy (non-hydrogen) atoms. The van der Waals surface area contributed by atoms with Gasteiger partial charge in [-0.1, -0.05) is 41.2 Å². The van der Waals surface area contributed by atoms with Crippen molar-refractivity contribution in [2.24, 2.45) is 0 Å². The molecule has 5 aromatic rings. The zero-order chi connectivity index (χ0) is 19.8. The van der Waals surface area contributed by atoms with E-state index in [1.165, 1.54) is 23.1 Å². The summed E-state index contributed by atoms with van der Waals surface area (Å²) in [7, 11) is 0. The van der Waals surface area contributed by atoms with Gasteiger partial charge < -0.3 is 4.52 Å². The molecule has 0 aliphatic carbocycles. The monoisotopic (exact) mass is 438 g/mol. The lowest BCUT2D eigenvalue weighted by molar-refractivity contribution is 0.389. The minimum atomic E-state index is -0.0716. The van der Waals surface area contributed by atoms with E-state index < -0.39 is 0 Å². The number of nitrogens with zero attached hydrogens (tertiary/aromatic N) is 4. The minimum absolute atomic E-state index is 0.0716. The van der Waals surface area contributed by atoms with Crippen LogP contribution in [0.15, 0.2) is 67.7 Å². The zero-order valence-corrected chi connectivity index (χ0v) is 17.7. The number of fused-ring (bicyclic) bond motifs is 1. The first-order valence-electron chi connectivity index (χ1n) is 8.76. The van der Waals surface area contributed by atoms with E-state index >= 15 is 0 Å². The lowest BCUT2D eigenvalue weighted by Gasteiger charge is -2.11. The van der Waals surface area contributed by atoms with Crippen LogP contribution in [0.3, 0.4) is 0 Å². The van der Waals surface area contributed by atoms with Crippen LogP contribution in [-0.4, -0.2) is 19.7 Å². The van der Waals surface area contributed by atoms with Gasteiger partial charge in [-0.25, -0.2) is 4.98 Å². The molecule has 0 amide bonds. The summed E-state index contributed by atoms with van der Waals surface area (Å²) in [5, 5.41) is 9.22. The van der Waals surface area contributed by atoms with E-state index in [2.05, 4.69) is 10.1 Å². The van der Waals surface area contributed by atoms with Crippen LogP contribution < -0.4 is 5.56 Å². The first kappa shape index (κ1) is 18.3. The maximum absolute atomic E-state index is 13.6. The molecular formula is C20H14N4O2S3. The molecule has 0 bridgehead atoms. The van der Waals surface area contributed by atoms with Gasteiger partial charge in [-0.15, -0.1) is 22.7 Å². The summed E-state index contributed by atoms with van der Waals surface area (Å²) in [5.74, 6) is 1.56. The number of aromatic nitrogens is 4. The Morgan fingerprint density at radius 2 is 1.97 bits per heavy atom. The SMILES string of the molecule is Cc1nc(CSc2nc3scc(-c4cccs4)c3c(=O)n2-c2ccccc2)no1. The number of hydrogen-bond acceptors (Lipinski definition) is 8. The summed E-state index contributed by atoms with van der Waals surface area (Å²) in [6.45, 7) is 1.75. The van der Waals surface area contributed by atoms with Crippen LogP contribution in [0.1, 0.15) is 11.7 Å². The van der Waals surface area contributed by atoms with E-state index in [-0.39, 0.29) is 5.56 Å². The van der Waals surface area contributed by atoms with Crippen molar-refractivity contribution in [2.45, 2.75) is 17.8 Å². The van der Waals surface area contributed by atoms with Crippen LogP contribution in [0, 0.1) is 6.92 Å². The Morgan fingerprint density at radius 1 is 1.10 bits per heavy atom. The third kappa shape index (κ3) is 3.41. The number of thioether (sulfide) groups is 1. The molecule has 0 spiro atoms. The Bertz CT molecular complexity index is 1340. The van der Waals surface area contributed by atoms with Gasteiger partial charge >= 0.3 is 0 Å². The van der Waals surface area contributed by atoms with Crippen LogP contribution in [0.5, 0.6) is 0 Å². The number of benzene rings is 1. The van der Waals surface area contributed by atoms with Gasteiger partial charge in [0.2, 0.25) is 5.89 Å². The summed E-state index contributed by atoms with van der Waals surface area (Å²) >= 11 is 4.53. The highest BCUT2D eigenvalue weighted by molar-refractivity contribution is 7.98. The van der Waals surface area contributed by atoms with Gasteiger partial charge in [0.1, 0.15) is 4.83 Å². The van der Waals surface area contributed by atoms with Crippen LogP contribution in [0.2, 0.25) is 0 Å². The quantitative estimate of drug-likeness (QED) is 0.279. The second-order valence-electron chi connectivity index (χ2n) is 6.20. The van der Waals surface area contributed by atoms with Gasteiger partial charge in [0.15, 0.2) is 11.0 Å². The molecule has 0 N–H and O–H groups in total. The van der Waals surface area contributed by atoms with Crippen molar-refractivity contribution in [2.75, 3.05) is 0 Å². The normalized spacial score (nSPS) is 11.3. The predicted octanol–water partition coefficient (Wildman–Crippen LogP) is 5.16. The molecule has 0 aliphatic rings. The van der Waals surface area contributed by atoms with E-state index in [1.807, 2.05) is 53.2 Å². The fourth-order valence-electron chi connectivity index (χ4n) is 3.02. The van der Waals surface area contributed by atoms with Gasteiger partial charge in [0.05, 0.1) is 16.8 Å². The van der Waals surface area contributed by atoms with E-state index in [0.717, 1.165) is 21.0 Å². The van der Waals surface area contributed by atoms with Gasteiger partial charge in [-0.3, -0.25) is 9.36 Å². The third-order valence-electron chi connectivity index (χ3n) is 4.28. The first-order chi connectivity index (χ1) is 14.2. The Labute approximate surface area is 177 Å². The molecule has 0 unspecified atom stereocenters. The molecule has 9 heteroatoms. The fourth-order valence-corrected chi connectivity index (χ4v) is 5.67. The lowest BCUT2D eigenvalue weighted by Crippen LogP contribution is -2.21. The van der Waals surface area contributed by atoms with Crippen molar-refractivity contribution in [1.82, 2.24) is 19.7 Å². The van der Waals surface area contributed by atoms with Crippen molar-refractivity contribution < 1.29 is 4.52 Å². The largest absolute Gasteiger partial charge is 0.340 e. The standard InChI is InChI=1S/C20H14N4O2S3/c1-12-21-16(23-26-12)11-29-20-22-18-17(14(10-28-18)15-8-5-9-27-15)19(25)24(20)13-6-3-2-4-7-13/h2-10H,11H2,1H3. The van der Waals surface area contributed by atoms with Crippen molar-refractivity contribution in [3.05, 3.63) is 75.3 Å². The summed E-state index contributed by atoms with van der Waals surface area (Å²) < 4.78 is 6.72. The summed E-state index contributed by atoms with van der Waals surface area (Å²) in [4.78, 5) is 24.5. The van der Waals surface area contributed by atoms with E-state index in [1.54, 1.807) is 22.8 Å². The number of hydrogen-bond donors (Lipinski definition) is 0. The third-order valence-corrected chi connectivity index (χ3v) is 6.99. The summed E-state index contributed by atoms with van der Waals surface area (Å²) in [6, 6.07) is 13.6. The maximum atomic E-state index is 13.6. The van der Waals surface area contributed by atoms with Gasteiger partial charge in [0.25, 0.3) is 5.56 Å². The molecule has 0 saturated carbocycles. The van der Waals surface area contributed by atoms with Crippen LogP contribution in [0.4, 0.5) is 0 Å². The highest BCUT2D eigenvalue weighted by Gasteiger charge is 2.19. The maximum Gasteiger partial charge on any atom is 0.268 e. The molecule has 0 atom stereocenters. The average molecular weight is 439 g/mol. The second-order valence-corrected chi connectivity index (χ2v) is 8.94. The number of aryl methyl sites for hydroxylation is 1. The fraction of sp³-hybridized carbons (Fsp3) is 0.100. The van der Waals surface area contributed by atoms with E-state index in [9.17, 15) is 4.79 Å². The van der Waals surface area contributed by atoms with E-state index in [4.69, 9.17) is 9.51 Å². The molecule has 0 fully saturated rings. The predicted molar refractivity (Wildman–Crippen MR) is 117 cm³/mol. The Hall–Kier alpha value is -2.75. The molecule has 0 aliphatic heterocycles. The second kappa shape index (κ2) is 7.58. The molecule has 0 radical (unpaired) electrons. The Balaban J connectivity index is 1.68. The number of para-hydroxylation sites is 1. The topological polar surface area (TPSA) is 73.8 Å². The van der Waals surface area contributed by atoms with Gasteiger partial charge in [0, 0.05) is 22.7 Å². The van der Waals surface area contributed by atoms with Crippen molar-refractivity contribution in [3.63, 3.8) is 0 Å². The molecule has 6 nitrogen and oxygen atoms in total. The zero-order valence-electron chi connectivity index (χ0n) is 15.2. The number of thiophene rings is 2. The Morgan fingerprint density at radius 3 is 2.69 bits per heavy atom. The first-order valence-corrected chi connectivity index (χ1v) is 11.5. The summed E-state index contributed by atoms with van der Waals surface area (Å²) in [5.41, 5.74) is 1.65. The molecule has 4 heterocycles. The van der Waals surface area contributed by atoms with Crippen LogP contribution in [-0.2, 0) is 5.75 Å². The molecule has 1 aromatic carbocycles. The van der Waals surface area contributed by atoms with Crippen molar-refractivity contribution in [1.29, 1.82) is 0 Å². The minimum Gasteiger partial charge on any atom is -0.340 e. The van der Waals surface area contributed by atoms with Crippen LogP contribution in [0.25, 0.3) is 26.3 Å². The summed E-state index contributed by atoms with van der Waals surface area (Å²) in [6.07, 6.45) is 0. The lowest BCUT2D eigenvalue weighted by atomic mass is 10.2. The number of rotatable bonds is 5. The Kier molecular flexibility index (Phi) is 4.78. The molecule has 144 valence electrons. The molecule has 4 aromatic heterocycles. The average Bonchev–Trinajstić information content (AvgIpc) is 3.47. The highest BCUT2D eigenvalue weighted by atomic mass is 32.2. The van der Waals surface area contributed by atoms with Gasteiger partial charge in [-0.05, 0) is 23.6 Å². The highest BCUT2D eigenvalue weighted by Crippen LogP contribution is 2.35.